The Kier molecular flexibility index (Phi) is 5.91. The van der Waals surface area contributed by atoms with Crippen LogP contribution in [-0.2, 0) is 16.1 Å². The van der Waals surface area contributed by atoms with Crippen LogP contribution >= 0.6 is 0 Å². The van der Waals surface area contributed by atoms with E-state index in [2.05, 4.69) is 10.6 Å². The Morgan fingerprint density at radius 1 is 1.17 bits per heavy atom. The number of rotatable bonds is 6. The fourth-order valence-corrected chi connectivity index (χ4v) is 1.43. The number of hydrogen-bond acceptors (Lipinski definition) is 2. The predicted molar refractivity (Wildman–Crippen MR) is 70.8 cm³/mol. The fraction of sp³-hybridized carbons (Fsp3) is 0.429. The lowest BCUT2D eigenvalue weighted by Crippen LogP contribution is -2.36. The van der Waals surface area contributed by atoms with Crippen LogP contribution in [0.5, 0.6) is 0 Å². The van der Waals surface area contributed by atoms with Gasteiger partial charge in [-0.15, -0.1) is 0 Å². The predicted octanol–water partition coefficient (Wildman–Crippen LogP) is 1.61. The van der Waals surface area contributed by atoms with Gasteiger partial charge in [0.2, 0.25) is 11.8 Å². The number of nitrogens with one attached hydrogen (secondary N) is 2. The van der Waals surface area contributed by atoms with Gasteiger partial charge in [0.15, 0.2) is 0 Å². The fourth-order valence-electron chi connectivity index (χ4n) is 1.43. The molecule has 0 bridgehead atoms. The summed E-state index contributed by atoms with van der Waals surface area (Å²) in [4.78, 5) is 23.0. The molecule has 0 aromatic heterocycles. The lowest BCUT2D eigenvalue weighted by Gasteiger charge is -2.11. The van der Waals surface area contributed by atoms with Gasteiger partial charge in [0.05, 0.1) is 0 Å². The second-order valence-corrected chi connectivity index (χ2v) is 4.32. The van der Waals surface area contributed by atoms with Gasteiger partial charge in [-0.2, -0.15) is 0 Å². The monoisotopic (exact) mass is 248 g/mol. The third kappa shape index (κ3) is 5.48. The minimum absolute atomic E-state index is 0.111. The van der Waals surface area contributed by atoms with Crippen LogP contribution in [-0.4, -0.2) is 17.9 Å². The van der Waals surface area contributed by atoms with Gasteiger partial charge in [-0.1, -0.05) is 37.3 Å². The zero-order chi connectivity index (χ0) is 13.4. The molecule has 0 spiro atoms. The first-order valence-electron chi connectivity index (χ1n) is 6.21. The van der Waals surface area contributed by atoms with Crippen molar-refractivity contribution < 1.29 is 9.59 Å². The standard InChI is InChI=1S/C14H20N2O2/c1-3-11(2)16-14(18)9-13(17)15-10-12-7-5-4-6-8-12/h4-8,11H,3,9-10H2,1-2H3,(H,15,17)(H,16,18). The summed E-state index contributed by atoms with van der Waals surface area (Å²) in [6, 6.07) is 9.72. The highest BCUT2D eigenvalue weighted by atomic mass is 16.2. The Labute approximate surface area is 108 Å². The average Bonchev–Trinajstić information content (AvgIpc) is 2.37. The van der Waals surface area contributed by atoms with Gasteiger partial charge in [-0.05, 0) is 18.9 Å². The molecule has 1 unspecified atom stereocenters. The lowest BCUT2D eigenvalue weighted by atomic mass is 10.2. The maximum Gasteiger partial charge on any atom is 0.229 e. The zero-order valence-electron chi connectivity index (χ0n) is 10.9. The molecule has 98 valence electrons. The van der Waals surface area contributed by atoms with Gasteiger partial charge >= 0.3 is 0 Å². The third-order valence-corrected chi connectivity index (χ3v) is 2.67. The summed E-state index contributed by atoms with van der Waals surface area (Å²) in [6.45, 7) is 4.36. The van der Waals surface area contributed by atoms with Crippen molar-refractivity contribution in [3.63, 3.8) is 0 Å². The van der Waals surface area contributed by atoms with E-state index in [4.69, 9.17) is 0 Å². The largest absolute Gasteiger partial charge is 0.353 e. The summed E-state index contributed by atoms with van der Waals surface area (Å²) in [5.74, 6) is -0.477. The molecule has 1 atom stereocenters. The molecule has 2 N–H and O–H groups in total. The quantitative estimate of drug-likeness (QED) is 0.751. The third-order valence-electron chi connectivity index (χ3n) is 2.67. The lowest BCUT2D eigenvalue weighted by molar-refractivity contribution is -0.129. The molecule has 4 nitrogen and oxygen atoms in total. The number of carbonyl (C=O) groups is 2. The van der Waals surface area contributed by atoms with Crippen LogP contribution in [0.1, 0.15) is 32.3 Å². The van der Waals surface area contributed by atoms with Crippen LogP contribution in [0.2, 0.25) is 0 Å². The number of amides is 2. The molecule has 1 aromatic carbocycles. The van der Waals surface area contributed by atoms with Gasteiger partial charge < -0.3 is 10.6 Å². The number of hydrogen-bond donors (Lipinski definition) is 2. The Balaban J connectivity index is 2.27. The van der Waals surface area contributed by atoms with Crippen molar-refractivity contribution in [2.45, 2.75) is 39.3 Å². The first kappa shape index (κ1) is 14.2. The zero-order valence-corrected chi connectivity index (χ0v) is 10.9. The molecule has 1 aromatic rings. The molecule has 0 radical (unpaired) electrons. The summed E-state index contributed by atoms with van der Waals surface area (Å²) in [5.41, 5.74) is 1.02. The van der Waals surface area contributed by atoms with Crippen molar-refractivity contribution in [2.75, 3.05) is 0 Å². The van der Waals surface area contributed by atoms with E-state index in [0.29, 0.717) is 6.54 Å². The molecular weight excluding hydrogens is 228 g/mol. The average molecular weight is 248 g/mol. The number of benzene rings is 1. The Hall–Kier alpha value is -1.84. The van der Waals surface area contributed by atoms with Crippen molar-refractivity contribution >= 4 is 11.8 Å². The number of carbonyl (C=O) groups excluding carboxylic acids is 2. The van der Waals surface area contributed by atoms with Crippen LogP contribution in [0.3, 0.4) is 0 Å². The van der Waals surface area contributed by atoms with E-state index in [9.17, 15) is 9.59 Å². The van der Waals surface area contributed by atoms with Crippen molar-refractivity contribution in [3.05, 3.63) is 35.9 Å². The molecule has 0 aliphatic carbocycles. The van der Waals surface area contributed by atoms with E-state index in [1.807, 2.05) is 44.2 Å². The Morgan fingerprint density at radius 3 is 2.44 bits per heavy atom. The first-order chi connectivity index (χ1) is 8.61. The van der Waals surface area contributed by atoms with Crippen LogP contribution < -0.4 is 10.6 Å². The molecule has 0 saturated carbocycles. The molecule has 0 aliphatic rings. The molecule has 0 saturated heterocycles. The van der Waals surface area contributed by atoms with Gasteiger partial charge in [0.25, 0.3) is 0 Å². The highest BCUT2D eigenvalue weighted by molar-refractivity contribution is 5.96. The Bertz CT molecular complexity index is 390. The van der Waals surface area contributed by atoms with Crippen LogP contribution in [0.4, 0.5) is 0 Å². The summed E-state index contributed by atoms with van der Waals surface area (Å²) < 4.78 is 0. The van der Waals surface area contributed by atoms with Gasteiger partial charge in [-0.25, -0.2) is 0 Å². The molecular formula is C14H20N2O2. The van der Waals surface area contributed by atoms with Crippen molar-refractivity contribution in [1.29, 1.82) is 0 Å². The van der Waals surface area contributed by atoms with Gasteiger partial charge in [-0.3, -0.25) is 9.59 Å². The van der Waals surface area contributed by atoms with E-state index >= 15 is 0 Å². The highest BCUT2D eigenvalue weighted by Crippen LogP contribution is 1.97. The van der Waals surface area contributed by atoms with Gasteiger partial charge in [0, 0.05) is 12.6 Å². The first-order valence-corrected chi connectivity index (χ1v) is 6.21. The maximum absolute atomic E-state index is 11.5. The van der Waals surface area contributed by atoms with Crippen molar-refractivity contribution in [1.82, 2.24) is 10.6 Å². The summed E-state index contributed by atoms with van der Waals surface area (Å²) in [6.07, 6.45) is 0.745. The molecule has 0 aliphatic heterocycles. The molecule has 1 rings (SSSR count). The SMILES string of the molecule is CCC(C)NC(=O)CC(=O)NCc1ccccc1. The van der Waals surface area contributed by atoms with Crippen molar-refractivity contribution in [3.8, 4) is 0 Å². The van der Waals surface area contributed by atoms with E-state index in [0.717, 1.165) is 12.0 Å². The summed E-state index contributed by atoms with van der Waals surface area (Å²) >= 11 is 0. The second-order valence-electron chi connectivity index (χ2n) is 4.32. The smallest absolute Gasteiger partial charge is 0.229 e. The van der Waals surface area contributed by atoms with E-state index in [1.54, 1.807) is 0 Å². The summed E-state index contributed by atoms with van der Waals surface area (Å²) in [5, 5.41) is 5.48. The molecule has 4 heteroatoms. The van der Waals surface area contributed by atoms with Crippen LogP contribution in [0.25, 0.3) is 0 Å². The molecule has 2 amide bonds. The minimum atomic E-state index is -0.250. The summed E-state index contributed by atoms with van der Waals surface area (Å²) in [7, 11) is 0. The molecule has 18 heavy (non-hydrogen) atoms. The van der Waals surface area contributed by atoms with Crippen LogP contribution in [0, 0.1) is 0 Å². The minimum Gasteiger partial charge on any atom is -0.353 e. The normalized spacial score (nSPS) is 11.7. The van der Waals surface area contributed by atoms with E-state index in [-0.39, 0.29) is 24.3 Å². The van der Waals surface area contributed by atoms with Crippen molar-refractivity contribution in [2.24, 2.45) is 0 Å². The maximum atomic E-state index is 11.5. The highest BCUT2D eigenvalue weighted by Gasteiger charge is 2.10. The molecule has 0 fully saturated rings. The molecule has 0 heterocycles. The van der Waals surface area contributed by atoms with Gasteiger partial charge in [0.1, 0.15) is 6.42 Å². The van der Waals surface area contributed by atoms with Crippen LogP contribution in [0.15, 0.2) is 30.3 Å². The second kappa shape index (κ2) is 7.48. The topological polar surface area (TPSA) is 58.2 Å². The van der Waals surface area contributed by atoms with E-state index < -0.39 is 0 Å². The Morgan fingerprint density at radius 2 is 1.83 bits per heavy atom. The van der Waals surface area contributed by atoms with E-state index in [1.165, 1.54) is 0 Å².